The predicted octanol–water partition coefficient (Wildman–Crippen LogP) is 4.70. The Morgan fingerprint density at radius 3 is 2.36 bits per heavy atom. The van der Waals surface area contributed by atoms with Crippen LogP contribution in [0.25, 0.3) is 0 Å². The fourth-order valence-corrected chi connectivity index (χ4v) is 2.72. The van der Waals surface area contributed by atoms with Crippen LogP contribution < -0.4 is 5.32 Å². The number of hydrogen-bond acceptors (Lipinski definition) is 3. The van der Waals surface area contributed by atoms with Gasteiger partial charge in [-0.05, 0) is 24.0 Å². The molecule has 7 heteroatoms. The van der Waals surface area contributed by atoms with Crippen LogP contribution in [-0.4, -0.2) is 21.1 Å². The quantitative estimate of drug-likeness (QED) is 0.689. The summed E-state index contributed by atoms with van der Waals surface area (Å²) in [6.45, 7) is 7.56. The normalized spacial score (nSPS) is 11.2. The van der Waals surface area contributed by atoms with E-state index >= 15 is 0 Å². The number of hydrogen-bond donors (Lipinski definition) is 3. The van der Waals surface area contributed by atoms with E-state index in [0.717, 1.165) is 0 Å². The van der Waals surface area contributed by atoms with Gasteiger partial charge in [0.25, 0.3) is 10.8 Å². The molecule has 1 amide bonds. The number of carbonyl (C=O) groups excluding carboxylic acids is 1. The summed E-state index contributed by atoms with van der Waals surface area (Å²) in [5.41, 5.74) is 1.32. The second-order valence-corrected chi connectivity index (χ2v) is 7.20. The van der Waals surface area contributed by atoms with E-state index in [2.05, 4.69) is 5.32 Å². The first-order valence-electron chi connectivity index (χ1n) is 7.62. The molecule has 0 unspecified atom stereocenters. The molecule has 0 fully saturated rings. The fraction of sp³-hybridized carbons (Fsp3) is 0.278. The van der Waals surface area contributed by atoms with Crippen molar-refractivity contribution >= 4 is 28.9 Å². The lowest BCUT2D eigenvalue weighted by Crippen LogP contribution is -2.18. The zero-order valence-electron chi connectivity index (χ0n) is 14.4. The molecule has 0 spiro atoms. The van der Waals surface area contributed by atoms with Crippen LogP contribution in [-0.2, 0) is 5.41 Å². The van der Waals surface area contributed by atoms with Crippen molar-refractivity contribution in [2.45, 2.75) is 33.1 Å². The molecule has 3 N–H and O–H groups in total. The molecule has 0 aliphatic rings. The van der Waals surface area contributed by atoms with Gasteiger partial charge in [-0.25, -0.2) is 5.21 Å². The topological polar surface area (TPSA) is 89.6 Å². The second kappa shape index (κ2) is 6.72. The SMILES string of the molecule is Cc1ccc(C(C)(C)C)c(O)c1C(=O)Nc1ccc([N+](=O)O)cc1Cl. The first-order valence-corrected chi connectivity index (χ1v) is 8.00. The minimum absolute atomic E-state index is 0.0586. The molecule has 0 heterocycles. The molecular weight excluding hydrogens is 344 g/mol. The summed E-state index contributed by atoms with van der Waals surface area (Å²) in [5.74, 6) is -0.586. The Morgan fingerprint density at radius 2 is 1.84 bits per heavy atom. The molecule has 0 saturated carbocycles. The Kier molecular flexibility index (Phi) is 5.04. The second-order valence-electron chi connectivity index (χ2n) is 6.79. The smallest absolute Gasteiger partial charge is 0.318 e. The largest absolute Gasteiger partial charge is 0.507 e. The van der Waals surface area contributed by atoms with Crippen molar-refractivity contribution in [1.82, 2.24) is 0 Å². The molecule has 25 heavy (non-hydrogen) atoms. The van der Waals surface area contributed by atoms with Crippen molar-refractivity contribution in [2.24, 2.45) is 0 Å². The molecule has 0 aromatic heterocycles. The molecular formula is C18H20ClN2O4+. The summed E-state index contributed by atoms with van der Waals surface area (Å²) in [6, 6.07) is 7.51. The van der Waals surface area contributed by atoms with Gasteiger partial charge < -0.3 is 10.4 Å². The Bertz CT molecular complexity index is 857. The Balaban J connectivity index is 2.41. The van der Waals surface area contributed by atoms with Gasteiger partial charge in [-0.1, -0.05) is 44.5 Å². The fourth-order valence-electron chi connectivity index (χ4n) is 2.49. The van der Waals surface area contributed by atoms with Crippen molar-refractivity contribution in [1.29, 1.82) is 0 Å². The average Bonchev–Trinajstić information content (AvgIpc) is 2.47. The molecule has 0 radical (unpaired) electrons. The van der Waals surface area contributed by atoms with Crippen LogP contribution in [0.4, 0.5) is 11.4 Å². The van der Waals surface area contributed by atoms with Gasteiger partial charge in [-0.15, -0.1) is 0 Å². The van der Waals surface area contributed by atoms with Gasteiger partial charge in [0.15, 0.2) is 0 Å². The number of phenols is 1. The summed E-state index contributed by atoms with van der Waals surface area (Å²) in [6.07, 6.45) is 0. The van der Waals surface area contributed by atoms with Crippen LogP contribution in [0.5, 0.6) is 5.75 Å². The maximum atomic E-state index is 12.7. The number of halogens is 1. The lowest BCUT2D eigenvalue weighted by Gasteiger charge is -2.22. The lowest BCUT2D eigenvalue weighted by molar-refractivity contribution is -0.729. The van der Waals surface area contributed by atoms with E-state index in [4.69, 9.17) is 16.8 Å². The predicted molar refractivity (Wildman–Crippen MR) is 96.0 cm³/mol. The van der Waals surface area contributed by atoms with Crippen LogP contribution in [0.3, 0.4) is 0 Å². The summed E-state index contributed by atoms with van der Waals surface area (Å²) < 4.78 is 0. The van der Waals surface area contributed by atoms with Crippen molar-refractivity contribution in [3.8, 4) is 5.75 Å². The number of nitrogens with zero attached hydrogens (tertiary/aromatic N) is 1. The monoisotopic (exact) mass is 363 g/mol. The van der Waals surface area contributed by atoms with Gasteiger partial charge in [0.05, 0.1) is 21.2 Å². The lowest BCUT2D eigenvalue weighted by atomic mass is 9.84. The molecule has 132 valence electrons. The zero-order chi connectivity index (χ0) is 18.9. The standard InChI is InChI=1S/C18H19ClN2O4/c1-10-5-7-12(18(2,3)4)16(22)15(10)17(23)20-14-8-6-11(21(24)25)9-13(14)19/h5-9H,1-4H3,(H2-,20,22,23,24,25)/p+1. The number of anilines is 1. The van der Waals surface area contributed by atoms with Gasteiger partial charge in [0.1, 0.15) is 5.75 Å². The van der Waals surface area contributed by atoms with E-state index in [1.54, 1.807) is 19.1 Å². The molecule has 0 aliphatic carbocycles. The van der Waals surface area contributed by atoms with Gasteiger partial charge in [0.2, 0.25) is 0 Å². The number of aryl methyl sites for hydroxylation is 1. The number of rotatable bonds is 3. The summed E-state index contributed by atoms with van der Waals surface area (Å²) in [4.78, 5) is 23.2. The van der Waals surface area contributed by atoms with Gasteiger partial charge >= 0.3 is 5.69 Å². The minimum Gasteiger partial charge on any atom is -0.507 e. The summed E-state index contributed by atoms with van der Waals surface area (Å²) in [7, 11) is 0. The molecule has 2 aromatic rings. The van der Waals surface area contributed by atoms with Crippen molar-refractivity contribution in [3.63, 3.8) is 0 Å². The van der Waals surface area contributed by atoms with Crippen LogP contribution in [0, 0.1) is 11.8 Å². The van der Waals surface area contributed by atoms with Crippen LogP contribution in [0.2, 0.25) is 5.02 Å². The molecule has 0 aliphatic heterocycles. The Morgan fingerprint density at radius 1 is 1.20 bits per heavy atom. The van der Waals surface area contributed by atoms with Crippen LogP contribution in [0.15, 0.2) is 30.3 Å². The van der Waals surface area contributed by atoms with Crippen molar-refractivity contribution in [3.05, 3.63) is 57.0 Å². The van der Waals surface area contributed by atoms with Crippen molar-refractivity contribution in [2.75, 3.05) is 5.32 Å². The highest BCUT2D eigenvalue weighted by atomic mass is 35.5. The highest BCUT2D eigenvalue weighted by molar-refractivity contribution is 6.34. The Hall–Kier alpha value is -2.60. The third-order valence-electron chi connectivity index (χ3n) is 3.84. The number of aromatic hydroxyl groups is 1. The summed E-state index contributed by atoms with van der Waals surface area (Å²) in [5, 5.41) is 22.1. The maximum absolute atomic E-state index is 12.7. The van der Waals surface area contributed by atoms with E-state index in [1.165, 1.54) is 18.2 Å². The molecule has 2 rings (SSSR count). The molecule has 0 saturated heterocycles. The van der Waals surface area contributed by atoms with E-state index in [-0.39, 0.29) is 38.0 Å². The van der Waals surface area contributed by atoms with Crippen LogP contribution in [0.1, 0.15) is 42.3 Å². The van der Waals surface area contributed by atoms with E-state index in [1.807, 2.05) is 20.8 Å². The zero-order valence-corrected chi connectivity index (χ0v) is 15.2. The van der Waals surface area contributed by atoms with Gasteiger partial charge in [-0.3, -0.25) is 4.79 Å². The van der Waals surface area contributed by atoms with E-state index in [0.29, 0.717) is 11.1 Å². The third kappa shape index (κ3) is 3.91. The van der Waals surface area contributed by atoms with E-state index in [9.17, 15) is 14.8 Å². The van der Waals surface area contributed by atoms with Crippen molar-refractivity contribution < 1.29 is 20.0 Å². The van der Waals surface area contributed by atoms with Gasteiger partial charge in [-0.2, -0.15) is 0 Å². The number of nitrogens with one attached hydrogen (secondary N) is 1. The Labute approximate surface area is 150 Å². The molecule has 0 atom stereocenters. The summed E-state index contributed by atoms with van der Waals surface area (Å²) >= 11 is 6.03. The number of carbonyl (C=O) groups is 1. The number of amides is 1. The minimum atomic E-state index is -0.515. The number of phenolic OH excluding ortho intramolecular Hbond substituents is 1. The van der Waals surface area contributed by atoms with Crippen LogP contribution >= 0.6 is 11.6 Å². The van der Waals surface area contributed by atoms with Gasteiger partial charge in [0, 0.05) is 17.7 Å². The maximum Gasteiger partial charge on any atom is 0.318 e. The molecule has 0 bridgehead atoms. The van der Waals surface area contributed by atoms with E-state index < -0.39 is 5.91 Å². The third-order valence-corrected chi connectivity index (χ3v) is 4.16. The number of benzene rings is 2. The molecule has 6 nitrogen and oxygen atoms in total. The molecule has 2 aromatic carbocycles. The highest BCUT2D eigenvalue weighted by Crippen LogP contribution is 2.35. The highest BCUT2D eigenvalue weighted by Gasteiger charge is 2.25. The average molecular weight is 364 g/mol. The first-order chi connectivity index (χ1) is 11.5. The first kappa shape index (κ1) is 18.7.